The molecule has 3 N–H and O–H groups in total. The summed E-state index contributed by atoms with van der Waals surface area (Å²) in [6.07, 6.45) is 5.35. The van der Waals surface area contributed by atoms with E-state index in [1.807, 2.05) is 17.7 Å². The first kappa shape index (κ1) is 11.4. The summed E-state index contributed by atoms with van der Waals surface area (Å²) < 4.78 is 15.2. The Hall–Kier alpha value is -2.04. The van der Waals surface area contributed by atoms with Crippen LogP contribution in [0.25, 0.3) is 0 Å². The number of hydrogen-bond donors (Lipinski definition) is 2. The third kappa shape index (κ3) is 2.75. The molecule has 0 bridgehead atoms. The van der Waals surface area contributed by atoms with Crippen LogP contribution in [0, 0.1) is 5.82 Å². The van der Waals surface area contributed by atoms with Gasteiger partial charge in [0.15, 0.2) is 0 Å². The van der Waals surface area contributed by atoms with E-state index in [0.717, 1.165) is 6.54 Å². The van der Waals surface area contributed by atoms with Crippen LogP contribution in [0.2, 0.25) is 0 Å². The van der Waals surface area contributed by atoms with Crippen molar-refractivity contribution < 1.29 is 4.39 Å². The van der Waals surface area contributed by atoms with E-state index < -0.39 is 5.82 Å². The quantitative estimate of drug-likeness (QED) is 0.796. The molecule has 1 aromatic carbocycles. The van der Waals surface area contributed by atoms with Crippen molar-refractivity contribution >= 4 is 11.4 Å². The lowest BCUT2D eigenvalue weighted by atomic mass is 10.2. The lowest BCUT2D eigenvalue weighted by Crippen LogP contribution is -2.22. The van der Waals surface area contributed by atoms with E-state index in [1.165, 1.54) is 6.07 Å². The van der Waals surface area contributed by atoms with Crippen molar-refractivity contribution in [1.82, 2.24) is 9.55 Å². The Bertz CT molecular complexity index is 481. The van der Waals surface area contributed by atoms with Gasteiger partial charge in [0.05, 0.1) is 17.7 Å². The van der Waals surface area contributed by atoms with Crippen molar-refractivity contribution in [3.8, 4) is 0 Å². The summed E-state index contributed by atoms with van der Waals surface area (Å²) in [5, 5.41) is 3.18. The first-order chi connectivity index (χ1) is 8.16. The third-order valence-electron chi connectivity index (χ3n) is 2.50. The van der Waals surface area contributed by atoms with Crippen LogP contribution in [0.3, 0.4) is 0 Å². The van der Waals surface area contributed by atoms with E-state index in [2.05, 4.69) is 10.3 Å². The Morgan fingerprint density at radius 2 is 2.35 bits per heavy atom. The van der Waals surface area contributed by atoms with Gasteiger partial charge >= 0.3 is 0 Å². The molecule has 90 valence electrons. The van der Waals surface area contributed by atoms with Gasteiger partial charge in [-0.05, 0) is 19.1 Å². The van der Waals surface area contributed by atoms with E-state index in [-0.39, 0.29) is 11.7 Å². The molecule has 0 fully saturated rings. The number of nitrogens with zero attached hydrogens (tertiary/aromatic N) is 2. The first-order valence-electron chi connectivity index (χ1n) is 5.43. The summed E-state index contributed by atoms with van der Waals surface area (Å²) in [6.45, 7) is 2.75. The van der Waals surface area contributed by atoms with Crippen LogP contribution >= 0.6 is 0 Å². The second-order valence-electron chi connectivity index (χ2n) is 4.01. The van der Waals surface area contributed by atoms with E-state index >= 15 is 0 Å². The van der Waals surface area contributed by atoms with E-state index in [1.54, 1.807) is 24.7 Å². The molecule has 0 radical (unpaired) electrons. The average Bonchev–Trinajstić information content (AvgIpc) is 2.77. The molecular weight excluding hydrogens is 219 g/mol. The number of nitrogens with two attached hydrogens (primary N) is 1. The van der Waals surface area contributed by atoms with Gasteiger partial charge in [-0.15, -0.1) is 0 Å². The van der Waals surface area contributed by atoms with Crippen molar-refractivity contribution in [2.45, 2.75) is 19.5 Å². The molecule has 1 aromatic heterocycles. The lowest BCUT2D eigenvalue weighted by Gasteiger charge is -2.17. The molecule has 0 spiro atoms. The summed E-state index contributed by atoms with van der Waals surface area (Å²) in [6, 6.07) is 4.88. The fourth-order valence-corrected chi connectivity index (χ4v) is 1.68. The minimum Gasteiger partial charge on any atom is -0.395 e. The molecule has 0 aliphatic rings. The van der Waals surface area contributed by atoms with Gasteiger partial charge in [-0.3, -0.25) is 0 Å². The SMILES string of the molecule is CC(Cn1ccnc1)Nc1cccc(F)c1N. The normalized spacial score (nSPS) is 12.4. The summed E-state index contributed by atoms with van der Waals surface area (Å²) in [4.78, 5) is 3.96. The number of hydrogen-bond acceptors (Lipinski definition) is 3. The number of aromatic nitrogens is 2. The van der Waals surface area contributed by atoms with Crippen LogP contribution in [-0.2, 0) is 6.54 Å². The highest BCUT2D eigenvalue weighted by Gasteiger charge is 2.07. The van der Waals surface area contributed by atoms with Gasteiger partial charge in [0.1, 0.15) is 5.82 Å². The molecule has 5 heteroatoms. The van der Waals surface area contributed by atoms with Crippen LogP contribution < -0.4 is 11.1 Å². The zero-order chi connectivity index (χ0) is 12.3. The molecular formula is C12H15FN4. The summed E-state index contributed by atoms with van der Waals surface area (Å²) in [7, 11) is 0. The predicted octanol–water partition coefficient (Wildman–Crippen LogP) is 2.10. The van der Waals surface area contributed by atoms with Crippen LogP contribution in [0.1, 0.15) is 6.92 Å². The Kier molecular flexibility index (Phi) is 3.27. The number of para-hydroxylation sites is 1. The molecule has 2 aromatic rings. The molecule has 0 aliphatic heterocycles. The number of rotatable bonds is 4. The van der Waals surface area contributed by atoms with Gasteiger partial charge in [-0.25, -0.2) is 9.37 Å². The number of benzene rings is 1. The highest BCUT2D eigenvalue weighted by molar-refractivity contribution is 5.66. The van der Waals surface area contributed by atoms with Gasteiger partial charge in [0, 0.05) is 25.0 Å². The Balaban J connectivity index is 2.03. The molecule has 0 saturated heterocycles. The summed E-state index contributed by atoms with van der Waals surface area (Å²) in [5.41, 5.74) is 6.43. The van der Waals surface area contributed by atoms with Crippen LogP contribution in [0.4, 0.5) is 15.8 Å². The van der Waals surface area contributed by atoms with Gasteiger partial charge in [0.2, 0.25) is 0 Å². The maximum absolute atomic E-state index is 13.2. The first-order valence-corrected chi connectivity index (χ1v) is 5.43. The van der Waals surface area contributed by atoms with E-state index in [9.17, 15) is 4.39 Å². The Morgan fingerprint density at radius 1 is 1.53 bits per heavy atom. The maximum Gasteiger partial charge on any atom is 0.148 e. The van der Waals surface area contributed by atoms with Crippen molar-refractivity contribution in [3.63, 3.8) is 0 Å². The van der Waals surface area contributed by atoms with Crippen LogP contribution in [0.5, 0.6) is 0 Å². The Labute approximate surface area is 99.3 Å². The highest BCUT2D eigenvalue weighted by Crippen LogP contribution is 2.21. The number of imidazole rings is 1. The summed E-state index contributed by atoms with van der Waals surface area (Å²) in [5.74, 6) is -0.398. The monoisotopic (exact) mass is 234 g/mol. The lowest BCUT2D eigenvalue weighted by molar-refractivity contribution is 0.615. The smallest absolute Gasteiger partial charge is 0.148 e. The molecule has 0 saturated carbocycles. The van der Waals surface area contributed by atoms with Gasteiger partial charge in [-0.2, -0.15) is 0 Å². The second kappa shape index (κ2) is 4.86. The molecule has 4 nitrogen and oxygen atoms in total. The van der Waals surface area contributed by atoms with E-state index in [0.29, 0.717) is 5.69 Å². The largest absolute Gasteiger partial charge is 0.395 e. The van der Waals surface area contributed by atoms with Gasteiger partial charge in [0.25, 0.3) is 0 Å². The summed E-state index contributed by atoms with van der Waals surface area (Å²) >= 11 is 0. The zero-order valence-corrected chi connectivity index (χ0v) is 9.60. The standard InChI is InChI=1S/C12H15FN4/c1-9(7-17-6-5-15-8-17)16-11-4-2-3-10(13)12(11)14/h2-6,8-9,16H,7,14H2,1H3. The molecule has 1 atom stereocenters. The van der Waals surface area contributed by atoms with Crippen LogP contribution in [0.15, 0.2) is 36.9 Å². The molecule has 0 aliphatic carbocycles. The van der Waals surface area contributed by atoms with Crippen LogP contribution in [-0.4, -0.2) is 15.6 Å². The second-order valence-corrected chi connectivity index (χ2v) is 4.01. The fraction of sp³-hybridized carbons (Fsp3) is 0.250. The average molecular weight is 234 g/mol. The zero-order valence-electron chi connectivity index (χ0n) is 9.60. The van der Waals surface area contributed by atoms with Crippen molar-refractivity contribution in [3.05, 3.63) is 42.7 Å². The molecule has 1 heterocycles. The number of halogens is 1. The number of nitrogen functional groups attached to an aromatic ring is 1. The molecule has 17 heavy (non-hydrogen) atoms. The molecule has 0 amide bonds. The van der Waals surface area contributed by atoms with Crippen molar-refractivity contribution in [2.75, 3.05) is 11.1 Å². The van der Waals surface area contributed by atoms with Gasteiger partial charge in [-0.1, -0.05) is 6.07 Å². The van der Waals surface area contributed by atoms with Crippen molar-refractivity contribution in [1.29, 1.82) is 0 Å². The molecule has 2 rings (SSSR count). The number of nitrogens with one attached hydrogen (secondary N) is 1. The highest BCUT2D eigenvalue weighted by atomic mass is 19.1. The third-order valence-corrected chi connectivity index (χ3v) is 2.50. The number of anilines is 2. The Morgan fingerprint density at radius 3 is 3.06 bits per heavy atom. The topological polar surface area (TPSA) is 55.9 Å². The molecule has 1 unspecified atom stereocenters. The predicted molar refractivity (Wildman–Crippen MR) is 66.1 cm³/mol. The maximum atomic E-state index is 13.2. The fourth-order valence-electron chi connectivity index (χ4n) is 1.68. The van der Waals surface area contributed by atoms with E-state index in [4.69, 9.17) is 5.73 Å². The minimum absolute atomic E-state index is 0.133. The van der Waals surface area contributed by atoms with Crippen molar-refractivity contribution in [2.24, 2.45) is 0 Å². The minimum atomic E-state index is -0.398. The van der Waals surface area contributed by atoms with Gasteiger partial charge < -0.3 is 15.6 Å².